The molecule has 17 heavy (non-hydrogen) atoms. The summed E-state index contributed by atoms with van der Waals surface area (Å²) in [7, 11) is 3.47. The van der Waals surface area contributed by atoms with Gasteiger partial charge in [0.1, 0.15) is 0 Å². The second kappa shape index (κ2) is 5.40. The van der Waals surface area contributed by atoms with E-state index in [-0.39, 0.29) is 12.1 Å². The Morgan fingerprint density at radius 3 is 2.88 bits per heavy atom. The van der Waals surface area contributed by atoms with Gasteiger partial charge in [-0.2, -0.15) is 5.10 Å². The lowest BCUT2D eigenvalue weighted by Gasteiger charge is -2.21. The third-order valence-electron chi connectivity index (χ3n) is 3.36. The summed E-state index contributed by atoms with van der Waals surface area (Å²) in [6, 6.07) is 1.97. The molecule has 0 spiro atoms. The first-order chi connectivity index (χ1) is 8.20. The molecule has 2 unspecified atom stereocenters. The molecule has 0 amide bonds. The van der Waals surface area contributed by atoms with E-state index in [0.29, 0.717) is 0 Å². The third-order valence-corrected chi connectivity index (χ3v) is 3.36. The van der Waals surface area contributed by atoms with Crippen LogP contribution < -0.4 is 10.1 Å². The first-order valence-electron chi connectivity index (χ1n) is 6.23. The average Bonchev–Trinajstić information content (AvgIpc) is 2.54. The van der Waals surface area contributed by atoms with Crippen LogP contribution in [0.15, 0.2) is 6.07 Å². The van der Waals surface area contributed by atoms with Gasteiger partial charge in [0.2, 0.25) is 5.88 Å². The predicted octanol–water partition coefficient (Wildman–Crippen LogP) is 1.53. The second-order valence-corrected chi connectivity index (χ2v) is 4.65. The number of nitrogens with zero attached hydrogens (tertiary/aromatic N) is 2. The SMILES string of the molecule is COc1cc(NC2CCCCCC2O)nn1C. The number of methoxy groups -OCH3 is 1. The monoisotopic (exact) mass is 239 g/mol. The molecular formula is C12H21N3O2. The summed E-state index contributed by atoms with van der Waals surface area (Å²) in [5.41, 5.74) is 0. The fourth-order valence-corrected chi connectivity index (χ4v) is 2.36. The number of aromatic nitrogens is 2. The van der Waals surface area contributed by atoms with Crippen LogP contribution in [0.3, 0.4) is 0 Å². The molecule has 96 valence electrons. The molecule has 0 aliphatic heterocycles. The van der Waals surface area contributed by atoms with Gasteiger partial charge in [0.25, 0.3) is 0 Å². The number of hydrogen-bond donors (Lipinski definition) is 2. The van der Waals surface area contributed by atoms with Gasteiger partial charge in [0.15, 0.2) is 5.82 Å². The van der Waals surface area contributed by atoms with Crippen molar-refractivity contribution in [2.24, 2.45) is 7.05 Å². The van der Waals surface area contributed by atoms with E-state index >= 15 is 0 Å². The Labute approximate surface area is 102 Å². The Morgan fingerprint density at radius 2 is 2.18 bits per heavy atom. The van der Waals surface area contributed by atoms with Gasteiger partial charge in [0.05, 0.1) is 19.3 Å². The van der Waals surface area contributed by atoms with Crippen LogP contribution in [0.2, 0.25) is 0 Å². The topological polar surface area (TPSA) is 59.3 Å². The lowest BCUT2D eigenvalue weighted by molar-refractivity contribution is 0.144. The lowest BCUT2D eigenvalue weighted by atomic mass is 10.1. The maximum Gasteiger partial charge on any atom is 0.213 e. The largest absolute Gasteiger partial charge is 0.481 e. The van der Waals surface area contributed by atoms with E-state index in [9.17, 15) is 5.11 Å². The fourth-order valence-electron chi connectivity index (χ4n) is 2.36. The minimum atomic E-state index is -0.273. The van der Waals surface area contributed by atoms with Crippen LogP contribution in [0.1, 0.15) is 32.1 Å². The zero-order valence-electron chi connectivity index (χ0n) is 10.5. The standard InChI is InChI=1S/C12H21N3O2/c1-15-12(17-2)8-11(14-15)13-9-6-4-3-5-7-10(9)16/h8-10,16H,3-7H2,1-2H3,(H,13,14). The lowest BCUT2D eigenvalue weighted by Crippen LogP contribution is -2.32. The number of hydrogen-bond acceptors (Lipinski definition) is 4. The van der Waals surface area contributed by atoms with E-state index in [1.54, 1.807) is 11.8 Å². The molecule has 1 saturated carbocycles. The minimum absolute atomic E-state index is 0.108. The molecule has 1 aliphatic carbocycles. The van der Waals surface area contributed by atoms with E-state index in [1.807, 2.05) is 13.1 Å². The summed E-state index contributed by atoms with van der Waals surface area (Å²) < 4.78 is 6.85. The summed E-state index contributed by atoms with van der Waals surface area (Å²) >= 11 is 0. The quantitative estimate of drug-likeness (QED) is 0.785. The Bertz CT molecular complexity index is 365. The van der Waals surface area contributed by atoms with Crippen molar-refractivity contribution in [2.45, 2.75) is 44.2 Å². The van der Waals surface area contributed by atoms with Crippen molar-refractivity contribution in [2.75, 3.05) is 12.4 Å². The molecule has 1 aromatic rings. The maximum atomic E-state index is 10.0. The molecule has 2 rings (SSSR count). The zero-order chi connectivity index (χ0) is 12.3. The molecule has 1 aromatic heterocycles. The van der Waals surface area contributed by atoms with Crippen molar-refractivity contribution < 1.29 is 9.84 Å². The van der Waals surface area contributed by atoms with E-state index in [2.05, 4.69) is 10.4 Å². The molecule has 2 N–H and O–H groups in total. The summed E-state index contributed by atoms with van der Waals surface area (Å²) in [4.78, 5) is 0. The highest BCUT2D eigenvalue weighted by atomic mass is 16.5. The molecule has 5 heteroatoms. The van der Waals surface area contributed by atoms with Crippen LogP contribution >= 0.6 is 0 Å². The number of aliphatic hydroxyl groups excluding tert-OH is 1. The number of ether oxygens (including phenoxy) is 1. The summed E-state index contributed by atoms with van der Waals surface area (Å²) in [5, 5.41) is 17.6. The fraction of sp³-hybridized carbons (Fsp3) is 0.750. The first-order valence-corrected chi connectivity index (χ1v) is 6.23. The molecular weight excluding hydrogens is 218 g/mol. The molecule has 0 radical (unpaired) electrons. The minimum Gasteiger partial charge on any atom is -0.481 e. The number of nitrogens with one attached hydrogen (secondary N) is 1. The molecule has 5 nitrogen and oxygen atoms in total. The Hall–Kier alpha value is -1.23. The third kappa shape index (κ3) is 2.91. The summed E-state index contributed by atoms with van der Waals surface area (Å²) in [6.45, 7) is 0. The number of anilines is 1. The average molecular weight is 239 g/mol. The van der Waals surface area contributed by atoms with Gasteiger partial charge < -0.3 is 15.2 Å². The highest BCUT2D eigenvalue weighted by Gasteiger charge is 2.22. The van der Waals surface area contributed by atoms with Crippen LogP contribution in [-0.4, -0.2) is 34.1 Å². The maximum absolute atomic E-state index is 10.0. The molecule has 0 bridgehead atoms. The van der Waals surface area contributed by atoms with Crippen LogP contribution in [0.5, 0.6) is 5.88 Å². The number of rotatable bonds is 3. The second-order valence-electron chi connectivity index (χ2n) is 4.65. The zero-order valence-corrected chi connectivity index (χ0v) is 10.5. The van der Waals surface area contributed by atoms with E-state index in [1.165, 1.54) is 12.8 Å². The number of aliphatic hydroxyl groups is 1. The Kier molecular flexibility index (Phi) is 3.89. The van der Waals surface area contributed by atoms with Gasteiger partial charge in [0, 0.05) is 13.1 Å². The predicted molar refractivity (Wildman–Crippen MR) is 66.3 cm³/mol. The molecule has 2 atom stereocenters. The number of aryl methyl sites for hydroxylation is 1. The van der Waals surface area contributed by atoms with Crippen LogP contribution in [-0.2, 0) is 7.05 Å². The van der Waals surface area contributed by atoms with Crippen molar-refractivity contribution in [1.29, 1.82) is 0 Å². The van der Waals surface area contributed by atoms with Crippen molar-refractivity contribution in [3.8, 4) is 5.88 Å². The summed E-state index contributed by atoms with van der Waals surface area (Å²) in [5.74, 6) is 1.49. The van der Waals surface area contributed by atoms with Gasteiger partial charge in [-0.3, -0.25) is 0 Å². The Balaban J connectivity index is 2.02. The van der Waals surface area contributed by atoms with E-state index in [0.717, 1.165) is 31.0 Å². The highest BCUT2D eigenvalue weighted by molar-refractivity contribution is 5.39. The molecule has 1 heterocycles. The van der Waals surface area contributed by atoms with Gasteiger partial charge in [-0.1, -0.05) is 19.3 Å². The van der Waals surface area contributed by atoms with Gasteiger partial charge in [-0.25, -0.2) is 4.68 Å². The van der Waals surface area contributed by atoms with Gasteiger partial charge in [-0.05, 0) is 12.8 Å². The van der Waals surface area contributed by atoms with Crippen molar-refractivity contribution in [1.82, 2.24) is 9.78 Å². The smallest absolute Gasteiger partial charge is 0.213 e. The Morgan fingerprint density at radius 1 is 1.41 bits per heavy atom. The van der Waals surface area contributed by atoms with Crippen molar-refractivity contribution in [3.05, 3.63) is 6.07 Å². The first kappa shape index (κ1) is 12.2. The van der Waals surface area contributed by atoms with Crippen molar-refractivity contribution >= 4 is 5.82 Å². The highest BCUT2D eigenvalue weighted by Crippen LogP contribution is 2.23. The van der Waals surface area contributed by atoms with E-state index in [4.69, 9.17) is 4.74 Å². The molecule has 1 fully saturated rings. The normalized spacial score (nSPS) is 25.4. The van der Waals surface area contributed by atoms with Crippen LogP contribution in [0.4, 0.5) is 5.82 Å². The van der Waals surface area contributed by atoms with Crippen LogP contribution in [0.25, 0.3) is 0 Å². The molecule has 1 aliphatic rings. The summed E-state index contributed by atoms with van der Waals surface area (Å²) in [6.07, 6.45) is 5.09. The van der Waals surface area contributed by atoms with Gasteiger partial charge in [-0.15, -0.1) is 0 Å². The van der Waals surface area contributed by atoms with Crippen molar-refractivity contribution in [3.63, 3.8) is 0 Å². The van der Waals surface area contributed by atoms with E-state index < -0.39 is 0 Å². The van der Waals surface area contributed by atoms with Crippen LogP contribution in [0, 0.1) is 0 Å². The molecule has 0 saturated heterocycles. The molecule has 0 aromatic carbocycles. The van der Waals surface area contributed by atoms with Gasteiger partial charge >= 0.3 is 0 Å².